The molecule has 0 bridgehead atoms. The molecule has 2 aliphatic heterocycles. The van der Waals surface area contributed by atoms with E-state index in [9.17, 15) is 8.78 Å². The van der Waals surface area contributed by atoms with Crippen molar-refractivity contribution in [3.05, 3.63) is 59.2 Å². The van der Waals surface area contributed by atoms with Crippen molar-refractivity contribution >= 4 is 0 Å². The van der Waals surface area contributed by atoms with Gasteiger partial charge in [-0.2, -0.15) is 0 Å². The molecule has 4 heteroatoms. The van der Waals surface area contributed by atoms with E-state index in [2.05, 4.69) is 36.9 Å². The summed E-state index contributed by atoms with van der Waals surface area (Å²) in [4.78, 5) is 2.61. The third-order valence-corrected chi connectivity index (χ3v) is 6.86. The average molecular weight is 414 g/mol. The van der Waals surface area contributed by atoms with Crippen LogP contribution < -0.4 is 0 Å². The Morgan fingerprint density at radius 1 is 1.03 bits per heavy atom. The average Bonchev–Trinajstić information content (AvgIpc) is 2.84. The second kappa shape index (κ2) is 8.39. The van der Waals surface area contributed by atoms with Crippen LogP contribution in [0.2, 0.25) is 0 Å². The number of halogens is 2. The van der Waals surface area contributed by atoms with Crippen molar-refractivity contribution in [2.45, 2.75) is 57.9 Å². The van der Waals surface area contributed by atoms with Gasteiger partial charge in [0.2, 0.25) is 0 Å². The third kappa shape index (κ3) is 4.76. The molecule has 0 atom stereocenters. The summed E-state index contributed by atoms with van der Waals surface area (Å²) in [5.74, 6) is -2.09. The van der Waals surface area contributed by atoms with Gasteiger partial charge >= 0.3 is 0 Å². The summed E-state index contributed by atoms with van der Waals surface area (Å²) in [7, 11) is 0. The van der Waals surface area contributed by atoms with Gasteiger partial charge in [-0.05, 0) is 65.5 Å². The predicted molar refractivity (Wildman–Crippen MR) is 118 cm³/mol. The van der Waals surface area contributed by atoms with Crippen LogP contribution in [0.5, 0.6) is 0 Å². The maximum Gasteiger partial charge on any atom is 0.270 e. The maximum absolute atomic E-state index is 13.6. The van der Waals surface area contributed by atoms with Crippen LogP contribution in [0.1, 0.15) is 56.7 Å². The van der Waals surface area contributed by atoms with Crippen molar-refractivity contribution < 1.29 is 13.5 Å². The zero-order valence-corrected chi connectivity index (χ0v) is 18.4. The topological polar surface area (TPSA) is 12.5 Å². The van der Waals surface area contributed by atoms with Crippen LogP contribution >= 0.6 is 0 Å². The Kier molecular flexibility index (Phi) is 6.00. The number of alkyl halides is 2. The van der Waals surface area contributed by atoms with Crippen molar-refractivity contribution in [1.29, 1.82) is 0 Å². The highest BCUT2D eigenvalue weighted by molar-refractivity contribution is 5.66. The first-order valence-electron chi connectivity index (χ1n) is 11.1. The molecule has 2 aromatic carbocycles. The zero-order valence-electron chi connectivity index (χ0n) is 18.4. The van der Waals surface area contributed by atoms with E-state index in [-0.39, 0.29) is 11.0 Å². The van der Waals surface area contributed by atoms with Crippen molar-refractivity contribution in [2.75, 3.05) is 26.3 Å². The molecule has 1 saturated heterocycles. The van der Waals surface area contributed by atoms with Crippen LogP contribution in [-0.4, -0.2) is 31.2 Å². The van der Waals surface area contributed by atoms with Crippen molar-refractivity contribution in [2.24, 2.45) is 5.92 Å². The molecule has 0 radical (unpaired) electrons. The lowest BCUT2D eigenvalue weighted by atomic mass is 9.79. The first-order valence-corrected chi connectivity index (χ1v) is 11.1. The minimum atomic E-state index is -2.80. The Bertz CT molecular complexity index is 864. The first kappa shape index (κ1) is 21.5. The molecule has 2 aromatic rings. The van der Waals surface area contributed by atoms with Gasteiger partial charge in [0.25, 0.3) is 5.92 Å². The van der Waals surface area contributed by atoms with E-state index in [0.29, 0.717) is 0 Å². The van der Waals surface area contributed by atoms with Crippen LogP contribution in [0.25, 0.3) is 11.1 Å². The Balaban J connectivity index is 1.60. The fraction of sp³-hybridized carbons (Fsp3) is 0.538. The molecule has 0 aliphatic carbocycles. The molecule has 1 fully saturated rings. The minimum absolute atomic E-state index is 0.0600. The molecule has 4 rings (SSSR count). The Labute approximate surface area is 179 Å². The highest BCUT2D eigenvalue weighted by atomic mass is 19.3. The van der Waals surface area contributed by atoms with E-state index >= 15 is 0 Å². The van der Waals surface area contributed by atoms with Gasteiger partial charge in [-0.15, -0.1) is 0 Å². The molecule has 2 heterocycles. The summed E-state index contributed by atoms with van der Waals surface area (Å²) in [5, 5.41) is 0. The number of hydrogen-bond donors (Lipinski definition) is 0. The van der Waals surface area contributed by atoms with Gasteiger partial charge < -0.3 is 4.74 Å². The number of ether oxygens (including phenoxy) is 1. The van der Waals surface area contributed by atoms with Crippen molar-refractivity contribution in [1.82, 2.24) is 4.90 Å². The lowest BCUT2D eigenvalue weighted by Crippen LogP contribution is -2.33. The SMILES string of the molecule is CC(F)(F)c1ccc(-c2ccc3c(c2)CN(CC2CCOCC2)CCC3(C)C)cc1. The molecule has 0 amide bonds. The fourth-order valence-corrected chi connectivity index (χ4v) is 4.86. The van der Waals surface area contributed by atoms with Crippen molar-refractivity contribution in [3.63, 3.8) is 0 Å². The molecule has 162 valence electrons. The quantitative estimate of drug-likeness (QED) is 0.577. The van der Waals surface area contributed by atoms with Crippen LogP contribution in [0.3, 0.4) is 0 Å². The zero-order chi connectivity index (χ0) is 21.4. The summed E-state index contributed by atoms with van der Waals surface area (Å²) < 4.78 is 32.7. The smallest absolute Gasteiger partial charge is 0.270 e. The van der Waals surface area contributed by atoms with Gasteiger partial charge in [0.05, 0.1) is 0 Å². The number of rotatable bonds is 4. The molecule has 0 N–H and O–H groups in total. The van der Waals surface area contributed by atoms with Crippen LogP contribution in [0.4, 0.5) is 8.78 Å². The second-order valence-corrected chi connectivity index (χ2v) is 9.76. The summed E-state index contributed by atoms with van der Waals surface area (Å²) in [6.45, 7) is 10.6. The molecular formula is C26H33F2NO. The van der Waals surface area contributed by atoms with Crippen molar-refractivity contribution in [3.8, 4) is 11.1 Å². The molecular weight excluding hydrogens is 380 g/mol. The Morgan fingerprint density at radius 3 is 2.37 bits per heavy atom. The van der Waals surface area contributed by atoms with Gasteiger partial charge in [0.1, 0.15) is 0 Å². The molecule has 2 aliphatic rings. The van der Waals surface area contributed by atoms with Gasteiger partial charge in [-0.1, -0.05) is 50.2 Å². The van der Waals surface area contributed by atoms with Crippen LogP contribution in [0, 0.1) is 5.92 Å². The first-order chi connectivity index (χ1) is 14.2. The van der Waals surface area contributed by atoms with Crippen LogP contribution in [0.15, 0.2) is 42.5 Å². The number of nitrogens with zero attached hydrogens (tertiary/aromatic N) is 1. The van der Waals surface area contributed by atoms with E-state index in [0.717, 1.165) is 76.1 Å². The molecule has 0 unspecified atom stereocenters. The highest BCUT2D eigenvalue weighted by Crippen LogP contribution is 2.37. The van der Waals surface area contributed by atoms with Gasteiger partial charge in [-0.3, -0.25) is 4.90 Å². The van der Waals surface area contributed by atoms with E-state index in [1.807, 2.05) is 12.1 Å². The number of hydrogen-bond acceptors (Lipinski definition) is 2. The normalized spacial score (nSPS) is 20.6. The third-order valence-electron chi connectivity index (χ3n) is 6.86. The van der Waals surface area contributed by atoms with E-state index < -0.39 is 5.92 Å². The number of fused-ring (bicyclic) bond motifs is 1. The minimum Gasteiger partial charge on any atom is -0.381 e. The number of benzene rings is 2. The summed E-state index contributed by atoms with van der Waals surface area (Å²) in [6, 6.07) is 13.4. The summed E-state index contributed by atoms with van der Waals surface area (Å²) in [5.41, 5.74) is 5.06. The fourth-order valence-electron chi connectivity index (χ4n) is 4.86. The van der Waals surface area contributed by atoms with Gasteiger partial charge in [0.15, 0.2) is 0 Å². The molecule has 30 heavy (non-hydrogen) atoms. The highest BCUT2D eigenvalue weighted by Gasteiger charge is 2.30. The largest absolute Gasteiger partial charge is 0.381 e. The summed E-state index contributed by atoms with van der Waals surface area (Å²) >= 11 is 0. The molecule has 0 spiro atoms. The van der Waals surface area contributed by atoms with E-state index in [1.54, 1.807) is 12.1 Å². The monoisotopic (exact) mass is 413 g/mol. The van der Waals surface area contributed by atoms with E-state index in [1.165, 1.54) is 11.1 Å². The van der Waals surface area contributed by atoms with E-state index in [4.69, 9.17) is 4.74 Å². The molecule has 0 saturated carbocycles. The summed E-state index contributed by atoms with van der Waals surface area (Å²) in [6.07, 6.45) is 3.45. The lowest BCUT2D eigenvalue weighted by Gasteiger charge is -2.29. The van der Waals surface area contributed by atoms with Gasteiger partial charge in [-0.25, -0.2) is 8.78 Å². The standard InChI is InChI=1S/C26H33F2NO/c1-25(2)12-13-29(17-19-10-14-30-15-11-19)18-22-16-21(6-9-24(22)25)20-4-7-23(8-5-20)26(3,27)28/h4-9,16,19H,10-15,17-18H2,1-3H3. The Hall–Kier alpha value is -1.78. The lowest BCUT2D eigenvalue weighted by molar-refractivity contribution is 0.0175. The molecule has 0 aromatic heterocycles. The van der Waals surface area contributed by atoms with Gasteiger partial charge in [0, 0.05) is 38.8 Å². The molecule has 2 nitrogen and oxygen atoms in total. The Morgan fingerprint density at radius 2 is 1.70 bits per heavy atom. The second-order valence-electron chi connectivity index (χ2n) is 9.76. The maximum atomic E-state index is 13.6. The predicted octanol–water partition coefficient (Wildman–Crippen LogP) is 6.38. The van der Waals surface area contributed by atoms with Crippen LogP contribution in [-0.2, 0) is 22.6 Å².